The molecule has 0 aliphatic carbocycles. The van der Waals surface area contributed by atoms with Crippen LogP contribution in [-0.4, -0.2) is 10.7 Å². The zero-order valence-electron chi connectivity index (χ0n) is 7.07. The van der Waals surface area contributed by atoms with Gasteiger partial charge in [0.1, 0.15) is 5.82 Å². The Labute approximate surface area is 78.8 Å². The van der Waals surface area contributed by atoms with Crippen molar-refractivity contribution in [2.45, 2.75) is 0 Å². The number of halogens is 1. The average molecular weight is 195 g/mol. The number of carbonyl (C=O) groups excluding carboxylic acids is 1. The van der Waals surface area contributed by atoms with Crippen LogP contribution in [-0.2, 0) is 0 Å². The van der Waals surface area contributed by atoms with Gasteiger partial charge in [-0.05, 0) is 18.2 Å². The van der Waals surface area contributed by atoms with Gasteiger partial charge in [0.05, 0.1) is 16.6 Å². The van der Waals surface area contributed by atoms with Crippen molar-refractivity contribution < 1.29 is 14.1 Å². The van der Waals surface area contributed by atoms with Crippen molar-refractivity contribution in [3.05, 3.63) is 52.3 Å². The van der Waals surface area contributed by atoms with E-state index >= 15 is 0 Å². The highest BCUT2D eigenvalue weighted by Gasteiger charge is 2.18. The number of hydrogen-bond acceptors (Lipinski definition) is 3. The van der Waals surface area contributed by atoms with Crippen LogP contribution < -0.4 is 0 Å². The largest absolute Gasteiger partial charge is 0.289 e. The van der Waals surface area contributed by atoms with Gasteiger partial charge in [0.2, 0.25) is 0 Å². The Morgan fingerprint density at radius 1 is 1.57 bits per heavy atom. The summed E-state index contributed by atoms with van der Waals surface area (Å²) in [6, 6.07) is 2.76. The van der Waals surface area contributed by atoms with Crippen molar-refractivity contribution in [3.63, 3.8) is 0 Å². The van der Waals surface area contributed by atoms with Crippen molar-refractivity contribution in [2.75, 3.05) is 0 Å². The molecule has 1 rings (SSSR count). The molecule has 0 atom stereocenters. The molecule has 0 spiro atoms. The second-order valence-corrected chi connectivity index (χ2v) is 2.49. The van der Waals surface area contributed by atoms with Gasteiger partial charge in [-0.3, -0.25) is 14.9 Å². The van der Waals surface area contributed by atoms with E-state index in [4.69, 9.17) is 0 Å². The van der Waals surface area contributed by atoms with Gasteiger partial charge in [-0.15, -0.1) is 0 Å². The molecule has 1 aromatic rings. The molecule has 0 aliphatic heterocycles. The quantitative estimate of drug-likeness (QED) is 0.321. The number of benzene rings is 1. The molecule has 0 N–H and O–H groups in total. The van der Waals surface area contributed by atoms with Crippen LogP contribution in [0.4, 0.5) is 10.1 Å². The van der Waals surface area contributed by atoms with Gasteiger partial charge in [-0.1, -0.05) is 6.58 Å². The molecule has 14 heavy (non-hydrogen) atoms. The molecule has 1 aromatic carbocycles. The number of allylic oxidation sites excluding steroid dienone is 1. The zero-order chi connectivity index (χ0) is 10.7. The Morgan fingerprint density at radius 3 is 2.71 bits per heavy atom. The molecule has 0 aliphatic rings. The van der Waals surface area contributed by atoms with Gasteiger partial charge in [0.15, 0.2) is 5.78 Å². The maximum absolute atomic E-state index is 12.6. The minimum absolute atomic E-state index is 0.161. The fourth-order valence-corrected chi connectivity index (χ4v) is 0.974. The Morgan fingerprint density at radius 2 is 2.21 bits per heavy atom. The monoisotopic (exact) mass is 195 g/mol. The summed E-state index contributed by atoms with van der Waals surface area (Å²) in [7, 11) is 0. The molecule has 0 bridgehead atoms. The molecule has 0 saturated carbocycles. The maximum atomic E-state index is 12.6. The van der Waals surface area contributed by atoms with E-state index in [2.05, 4.69) is 6.58 Å². The van der Waals surface area contributed by atoms with Crippen molar-refractivity contribution in [1.82, 2.24) is 0 Å². The normalized spacial score (nSPS) is 9.50. The molecule has 0 amide bonds. The molecule has 0 aromatic heterocycles. The predicted molar refractivity (Wildman–Crippen MR) is 47.6 cm³/mol. The minimum Gasteiger partial charge on any atom is -0.289 e. The standard InChI is InChI=1S/C9H6FNO3/c1-2-9(12)7-4-3-6(10)5-8(7)11(13)14/h2-5H,1H2. The third kappa shape index (κ3) is 1.82. The molecule has 5 heteroatoms. The summed E-state index contributed by atoms with van der Waals surface area (Å²) in [5.74, 6) is -1.35. The molecular weight excluding hydrogens is 189 g/mol. The summed E-state index contributed by atoms with van der Waals surface area (Å²) in [6.07, 6.45) is 0.945. The van der Waals surface area contributed by atoms with Crippen LogP contribution in [0.15, 0.2) is 30.9 Å². The van der Waals surface area contributed by atoms with Crippen molar-refractivity contribution in [3.8, 4) is 0 Å². The SMILES string of the molecule is C=CC(=O)c1ccc(F)cc1[N+](=O)[O-]. The first-order chi connectivity index (χ1) is 6.56. The van der Waals surface area contributed by atoms with Crippen LogP contribution in [0.3, 0.4) is 0 Å². The lowest BCUT2D eigenvalue weighted by atomic mass is 10.1. The van der Waals surface area contributed by atoms with Crippen LogP contribution in [0, 0.1) is 15.9 Å². The Kier molecular flexibility index (Phi) is 2.71. The van der Waals surface area contributed by atoms with E-state index in [1.54, 1.807) is 0 Å². The molecule has 0 fully saturated rings. The second kappa shape index (κ2) is 3.78. The molecule has 0 radical (unpaired) electrons. The third-order valence-corrected chi connectivity index (χ3v) is 1.61. The Bertz CT molecular complexity index is 415. The highest BCUT2D eigenvalue weighted by Crippen LogP contribution is 2.20. The zero-order valence-corrected chi connectivity index (χ0v) is 7.07. The molecule has 72 valence electrons. The maximum Gasteiger partial charge on any atom is 0.283 e. The number of ketones is 1. The first-order valence-electron chi connectivity index (χ1n) is 3.67. The van der Waals surface area contributed by atoms with E-state index in [1.807, 2.05) is 0 Å². The Balaban J connectivity index is 3.35. The van der Waals surface area contributed by atoms with Crippen molar-refractivity contribution >= 4 is 11.5 Å². The van der Waals surface area contributed by atoms with E-state index in [9.17, 15) is 19.3 Å². The fraction of sp³-hybridized carbons (Fsp3) is 0. The number of hydrogen-bond donors (Lipinski definition) is 0. The van der Waals surface area contributed by atoms with Crippen LogP contribution in [0.1, 0.15) is 10.4 Å². The van der Waals surface area contributed by atoms with Gasteiger partial charge >= 0.3 is 0 Å². The Hall–Kier alpha value is -2.04. The van der Waals surface area contributed by atoms with Gasteiger partial charge in [-0.2, -0.15) is 0 Å². The molecule has 4 nitrogen and oxygen atoms in total. The van der Waals surface area contributed by atoms with E-state index in [0.717, 1.165) is 18.2 Å². The summed E-state index contributed by atoms with van der Waals surface area (Å²) < 4.78 is 12.6. The lowest BCUT2D eigenvalue weighted by molar-refractivity contribution is -0.385. The van der Waals surface area contributed by atoms with Gasteiger partial charge in [0, 0.05) is 0 Å². The van der Waals surface area contributed by atoms with Crippen LogP contribution >= 0.6 is 0 Å². The van der Waals surface area contributed by atoms with E-state index in [-0.39, 0.29) is 5.56 Å². The second-order valence-electron chi connectivity index (χ2n) is 2.49. The summed E-state index contributed by atoms with van der Waals surface area (Å²) >= 11 is 0. The number of carbonyl (C=O) groups is 1. The highest BCUT2D eigenvalue weighted by atomic mass is 19.1. The summed E-state index contributed by atoms with van der Waals surface area (Å²) in [4.78, 5) is 20.7. The highest BCUT2D eigenvalue weighted by molar-refractivity contribution is 6.07. The molecule has 0 heterocycles. The van der Waals surface area contributed by atoms with Crippen LogP contribution in [0.5, 0.6) is 0 Å². The van der Waals surface area contributed by atoms with Gasteiger partial charge in [-0.25, -0.2) is 4.39 Å². The summed E-state index contributed by atoms with van der Waals surface area (Å²) in [5, 5.41) is 10.4. The van der Waals surface area contributed by atoms with Gasteiger partial charge < -0.3 is 0 Å². The van der Waals surface area contributed by atoms with E-state index < -0.39 is 22.2 Å². The fourth-order valence-electron chi connectivity index (χ4n) is 0.974. The first-order valence-corrected chi connectivity index (χ1v) is 3.67. The molecule has 0 saturated heterocycles. The number of nitro groups is 1. The minimum atomic E-state index is -0.806. The third-order valence-electron chi connectivity index (χ3n) is 1.61. The number of nitrogens with zero attached hydrogens (tertiary/aromatic N) is 1. The molecular formula is C9H6FNO3. The summed E-state index contributed by atoms with van der Waals surface area (Å²) in [6.45, 7) is 3.19. The smallest absolute Gasteiger partial charge is 0.283 e. The molecule has 0 unspecified atom stereocenters. The number of rotatable bonds is 3. The number of nitro benzene ring substituents is 1. The van der Waals surface area contributed by atoms with E-state index in [0.29, 0.717) is 6.07 Å². The summed E-state index contributed by atoms with van der Waals surface area (Å²) in [5.41, 5.74) is -0.707. The van der Waals surface area contributed by atoms with Crippen LogP contribution in [0.2, 0.25) is 0 Å². The predicted octanol–water partition coefficient (Wildman–Crippen LogP) is 2.10. The van der Waals surface area contributed by atoms with Crippen molar-refractivity contribution in [1.29, 1.82) is 0 Å². The van der Waals surface area contributed by atoms with E-state index in [1.165, 1.54) is 0 Å². The average Bonchev–Trinajstić information content (AvgIpc) is 2.16. The lowest BCUT2D eigenvalue weighted by Gasteiger charge is -1.98. The first kappa shape index (κ1) is 10.0. The van der Waals surface area contributed by atoms with Crippen LogP contribution in [0.25, 0.3) is 0 Å². The topological polar surface area (TPSA) is 60.2 Å². The lowest BCUT2D eigenvalue weighted by Crippen LogP contribution is -2.01. The van der Waals surface area contributed by atoms with Crippen molar-refractivity contribution in [2.24, 2.45) is 0 Å². The van der Waals surface area contributed by atoms with Gasteiger partial charge in [0.25, 0.3) is 5.69 Å².